The number of nitrogens with zero attached hydrogens (tertiary/aromatic N) is 2. The molecule has 0 atom stereocenters. The van der Waals surface area contributed by atoms with Gasteiger partial charge in [-0.05, 0) is 37.1 Å². The summed E-state index contributed by atoms with van der Waals surface area (Å²) in [6.07, 6.45) is 0.254. The van der Waals surface area contributed by atoms with Crippen molar-refractivity contribution in [3.05, 3.63) is 46.1 Å². The van der Waals surface area contributed by atoms with Crippen molar-refractivity contribution in [1.82, 2.24) is 9.97 Å². The van der Waals surface area contributed by atoms with Crippen LogP contribution in [0.4, 0.5) is 0 Å². The van der Waals surface area contributed by atoms with Gasteiger partial charge in [-0.3, -0.25) is 4.79 Å². The molecule has 4 nitrogen and oxygen atoms in total. The maximum absolute atomic E-state index is 11.6. The Morgan fingerprint density at radius 1 is 1.33 bits per heavy atom. The van der Waals surface area contributed by atoms with E-state index in [9.17, 15) is 4.79 Å². The highest BCUT2D eigenvalue weighted by Crippen LogP contribution is 2.35. The molecule has 2 aromatic heterocycles. The fraction of sp³-hybridized carbons (Fsp3) is 0.235. The standard InChI is InChI=1S/C17H15ClN2O2S2/c1-3-22-15(21)9-13-10(2)19-17(23-13)24-14-8-11-6-4-5-7-12(11)16(18)20-14/h4-8H,3,9H2,1-2H3. The minimum absolute atomic E-state index is 0.229. The summed E-state index contributed by atoms with van der Waals surface area (Å²) in [5.41, 5.74) is 0.849. The molecule has 7 heteroatoms. The summed E-state index contributed by atoms with van der Waals surface area (Å²) in [6.45, 7) is 4.08. The van der Waals surface area contributed by atoms with E-state index in [2.05, 4.69) is 9.97 Å². The Balaban J connectivity index is 1.83. The zero-order chi connectivity index (χ0) is 17.1. The normalized spacial score (nSPS) is 11.0. The van der Waals surface area contributed by atoms with Crippen LogP contribution in [0.15, 0.2) is 39.7 Å². The monoisotopic (exact) mass is 378 g/mol. The zero-order valence-electron chi connectivity index (χ0n) is 13.2. The first-order chi connectivity index (χ1) is 11.6. The molecular weight excluding hydrogens is 364 g/mol. The Morgan fingerprint density at radius 2 is 2.12 bits per heavy atom. The number of benzene rings is 1. The van der Waals surface area contributed by atoms with E-state index in [0.717, 1.165) is 30.7 Å². The van der Waals surface area contributed by atoms with E-state index >= 15 is 0 Å². The van der Waals surface area contributed by atoms with Crippen LogP contribution in [0, 0.1) is 6.92 Å². The number of halogens is 1. The van der Waals surface area contributed by atoms with E-state index in [1.807, 2.05) is 37.3 Å². The van der Waals surface area contributed by atoms with Crippen LogP contribution >= 0.6 is 34.7 Å². The van der Waals surface area contributed by atoms with Gasteiger partial charge in [-0.1, -0.05) is 35.9 Å². The fourth-order valence-corrected chi connectivity index (χ4v) is 4.73. The first-order valence-corrected chi connectivity index (χ1v) is 9.43. The van der Waals surface area contributed by atoms with E-state index in [-0.39, 0.29) is 12.4 Å². The Bertz CT molecular complexity index is 895. The quantitative estimate of drug-likeness (QED) is 0.466. The predicted molar refractivity (Wildman–Crippen MR) is 98.1 cm³/mol. The third-order valence-electron chi connectivity index (χ3n) is 3.35. The highest BCUT2D eigenvalue weighted by Gasteiger charge is 2.14. The van der Waals surface area contributed by atoms with Gasteiger partial charge in [0.1, 0.15) is 10.2 Å². The molecule has 0 aliphatic carbocycles. The average molecular weight is 379 g/mol. The molecule has 0 saturated heterocycles. The highest BCUT2D eigenvalue weighted by atomic mass is 35.5. The molecule has 0 aliphatic rings. The minimum Gasteiger partial charge on any atom is -0.466 e. The largest absolute Gasteiger partial charge is 0.466 e. The molecule has 3 rings (SSSR count). The van der Waals surface area contributed by atoms with Crippen molar-refractivity contribution in [2.24, 2.45) is 0 Å². The van der Waals surface area contributed by atoms with Gasteiger partial charge in [-0.25, -0.2) is 9.97 Å². The first kappa shape index (κ1) is 17.2. The van der Waals surface area contributed by atoms with Gasteiger partial charge in [0.25, 0.3) is 0 Å². The lowest BCUT2D eigenvalue weighted by Gasteiger charge is -2.03. The van der Waals surface area contributed by atoms with Crippen molar-refractivity contribution >= 4 is 51.4 Å². The van der Waals surface area contributed by atoms with Crippen LogP contribution in [0.5, 0.6) is 0 Å². The number of hydrogen-bond donors (Lipinski definition) is 0. The van der Waals surface area contributed by atoms with Gasteiger partial charge in [-0.15, -0.1) is 11.3 Å². The molecule has 0 amide bonds. The summed E-state index contributed by atoms with van der Waals surface area (Å²) in [5.74, 6) is -0.229. The molecule has 1 aromatic carbocycles. The summed E-state index contributed by atoms with van der Waals surface area (Å²) in [4.78, 5) is 21.5. The molecule has 3 aromatic rings. The second-order valence-corrected chi connectivity index (χ2v) is 7.75. The minimum atomic E-state index is -0.229. The molecular formula is C17H15ClN2O2S2. The van der Waals surface area contributed by atoms with Gasteiger partial charge in [0, 0.05) is 10.3 Å². The summed E-state index contributed by atoms with van der Waals surface area (Å²) >= 11 is 9.21. The third kappa shape index (κ3) is 3.88. The number of ether oxygens (including phenoxy) is 1. The second-order valence-electron chi connectivity index (χ2n) is 5.04. The molecule has 0 bridgehead atoms. The van der Waals surface area contributed by atoms with Crippen LogP contribution in [-0.2, 0) is 16.0 Å². The molecule has 0 saturated carbocycles. The van der Waals surface area contributed by atoms with E-state index in [4.69, 9.17) is 16.3 Å². The molecule has 124 valence electrons. The Kier molecular flexibility index (Phi) is 5.38. The lowest BCUT2D eigenvalue weighted by Crippen LogP contribution is -2.07. The van der Waals surface area contributed by atoms with Crippen molar-refractivity contribution < 1.29 is 9.53 Å². The number of aryl methyl sites for hydroxylation is 1. The second kappa shape index (κ2) is 7.51. The van der Waals surface area contributed by atoms with Crippen LogP contribution in [-0.4, -0.2) is 22.5 Å². The van der Waals surface area contributed by atoms with E-state index in [0.29, 0.717) is 11.8 Å². The van der Waals surface area contributed by atoms with Crippen LogP contribution in [0.3, 0.4) is 0 Å². The molecule has 0 N–H and O–H groups in total. The van der Waals surface area contributed by atoms with Crippen LogP contribution in [0.1, 0.15) is 17.5 Å². The van der Waals surface area contributed by atoms with E-state index in [1.54, 1.807) is 6.92 Å². The molecule has 0 unspecified atom stereocenters. The summed E-state index contributed by atoms with van der Waals surface area (Å²) in [7, 11) is 0. The number of hydrogen-bond acceptors (Lipinski definition) is 6. The summed E-state index contributed by atoms with van der Waals surface area (Å²) in [6, 6.07) is 9.86. The van der Waals surface area contributed by atoms with Gasteiger partial charge in [0.15, 0.2) is 4.34 Å². The summed E-state index contributed by atoms with van der Waals surface area (Å²) < 4.78 is 5.83. The molecule has 0 aliphatic heterocycles. The molecule has 24 heavy (non-hydrogen) atoms. The average Bonchev–Trinajstić information content (AvgIpc) is 2.87. The van der Waals surface area contributed by atoms with Gasteiger partial charge in [-0.2, -0.15) is 0 Å². The number of thiazole rings is 1. The van der Waals surface area contributed by atoms with Crippen molar-refractivity contribution in [1.29, 1.82) is 0 Å². The maximum atomic E-state index is 11.6. The number of carbonyl (C=O) groups excluding carboxylic acids is 1. The lowest BCUT2D eigenvalue weighted by atomic mass is 10.2. The zero-order valence-corrected chi connectivity index (χ0v) is 15.6. The van der Waals surface area contributed by atoms with Crippen LogP contribution in [0.25, 0.3) is 10.8 Å². The maximum Gasteiger partial charge on any atom is 0.311 e. The molecule has 2 heterocycles. The van der Waals surface area contributed by atoms with E-state index < -0.39 is 0 Å². The molecule has 0 fully saturated rings. The third-order valence-corrected chi connectivity index (χ3v) is 5.77. The number of rotatable bonds is 5. The van der Waals surface area contributed by atoms with Crippen molar-refractivity contribution in [2.45, 2.75) is 29.6 Å². The topological polar surface area (TPSA) is 52.1 Å². The fourth-order valence-electron chi connectivity index (χ4n) is 2.23. The van der Waals surface area contributed by atoms with Gasteiger partial charge < -0.3 is 4.74 Å². The molecule has 0 spiro atoms. The number of esters is 1. The van der Waals surface area contributed by atoms with Gasteiger partial charge >= 0.3 is 5.97 Å². The Hall–Kier alpha value is -1.63. The highest BCUT2D eigenvalue weighted by molar-refractivity contribution is 8.01. The SMILES string of the molecule is CCOC(=O)Cc1sc(Sc2cc3ccccc3c(Cl)n2)nc1C. The van der Waals surface area contributed by atoms with Gasteiger partial charge in [0.05, 0.1) is 18.7 Å². The lowest BCUT2D eigenvalue weighted by molar-refractivity contribution is -0.142. The van der Waals surface area contributed by atoms with Gasteiger partial charge in [0.2, 0.25) is 0 Å². The summed E-state index contributed by atoms with van der Waals surface area (Å²) in [5, 5.41) is 3.24. The Labute approximate surface area is 153 Å². The smallest absolute Gasteiger partial charge is 0.311 e. The van der Waals surface area contributed by atoms with Crippen LogP contribution < -0.4 is 0 Å². The first-order valence-electron chi connectivity index (χ1n) is 7.42. The van der Waals surface area contributed by atoms with Crippen molar-refractivity contribution in [3.63, 3.8) is 0 Å². The number of fused-ring (bicyclic) bond motifs is 1. The molecule has 0 radical (unpaired) electrons. The Morgan fingerprint density at radius 3 is 2.92 bits per heavy atom. The van der Waals surface area contributed by atoms with Crippen molar-refractivity contribution in [2.75, 3.05) is 6.61 Å². The van der Waals surface area contributed by atoms with E-state index in [1.165, 1.54) is 23.1 Å². The number of aromatic nitrogens is 2. The van der Waals surface area contributed by atoms with Crippen LogP contribution in [0.2, 0.25) is 5.15 Å². The number of carbonyl (C=O) groups is 1. The van der Waals surface area contributed by atoms with Crippen molar-refractivity contribution in [3.8, 4) is 0 Å². The number of pyridine rings is 1. The predicted octanol–water partition coefficient (Wildman–Crippen LogP) is 4.91.